The summed E-state index contributed by atoms with van der Waals surface area (Å²) in [5.41, 5.74) is 2.33. The summed E-state index contributed by atoms with van der Waals surface area (Å²) in [4.78, 5) is 8.26. The van der Waals surface area contributed by atoms with Crippen molar-refractivity contribution in [2.45, 2.75) is 27.0 Å². The van der Waals surface area contributed by atoms with Gasteiger partial charge in [-0.25, -0.2) is 4.98 Å². The number of imidazole rings is 1. The molecule has 0 fully saturated rings. The lowest BCUT2D eigenvalue weighted by Gasteiger charge is -2.05. The van der Waals surface area contributed by atoms with Gasteiger partial charge in [0.1, 0.15) is 12.3 Å². The first-order chi connectivity index (χ1) is 10.2. The van der Waals surface area contributed by atoms with Crippen LogP contribution in [0, 0.1) is 13.8 Å². The zero-order chi connectivity index (χ0) is 14.7. The van der Waals surface area contributed by atoms with E-state index in [0.29, 0.717) is 18.3 Å². The van der Waals surface area contributed by atoms with Crippen molar-refractivity contribution in [2.24, 2.45) is 0 Å². The lowest BCUT2D eigenvalue weighted by atomic mass is 10.1. The van der Waals surface area contributed by atoms with Gasteiger partial charge in [0.25, 0.3) is 0 Å². The summed E-state index contributed by atoms with van der Waals surface area (Å²) in [6.45, 7) is 4.88. The van der Waals surface area contributed by atoms with E-state index in [2.05, 4.69) is 21.2 Å². The van der Waals surface area contributed by atoms with E-state index >= 15 is 0 Å². The van der Waals surface area contributed by atoms with Crippen LogP contribution in [0.2, 0.25) is 0 Å². The van der Waals surface area contributed by atoms with Crippen LogP contribution in [-0.4, -0.2) is 19.7 Å². The van der Waals surface area contributed by atoms with Gasteiger partial charge in [0, 0.05) is 12.4 Å². The molecule has 0 aliphatic rings. The number of hydrogen-bond donors (Lipinski definition) is 0. The fourth-order valence-electron chi connectivity index (χ4n) is 2.11. The average Bonchev–Trinajstić information content (AvgIpc) is 3.08. The van der Waals surface area contributed by atoms with E-state index in [1.165, 1.54) is 11.1 Å². The van der Waals surface area contributed by atoms with Gasteiger partial charge >= 0.3 is 0 Å². The summed E-state index contributed by atoms with van der Waals surface area (Å²) in [6, 6.07) is 6.07. The third-order valence-electron chi connectivity index (χ3n) is 2.95. The second-order valence-corrected chi connectivity index (χ2v) is 4.95. The maximum atomic E-state index is 5.70. The predicted octanol–water partition coefficient (Wildman–Crippen LogP) is 2.51. The number of aryl methyl sites for hydroxylation is 2. The Bertz CT molecular complexity index is 699. The van der Waals surface area contributed by atoms with Crippen LogP contribution in [0.15, 0.2) is 41.4 Å². The van der Waals surface area contributed by atoms with Gasteiger partial charge in [0.05, 0.1) is 6.33 Å². The zero-order valence-electron chi connectivity index (χ0n) is 12.0. The first kappa shape index (κ1) is 13.4. The molecule has 0 radical (unpaired) electrons. The van der Waals surface area contributed by atoms with Crippen LogP contribution < -0.4 is 4.74 Å². The van der Waals surface area contributed by atoms with E-state index in [1.54, 1.807) is 12.5 Å². The summed E-state index contributed by atoms with van der Waals surface area (Å²) in [5.74, 6) is 1.88. The van der Waals surface area contributed by atoms with E-state index in [0.717, 1.165) is 5.75 Å². The predicted molar refractivity (Wildman–Crippen MR) is 75.9 cm³/mol. The molecule has 0 saturated heterocycles. The Balaban J connectivity index is 1.62. The van der Waals surface area contributed by atoms with Crippen molar-refractivity contribution in [3.05, 3.63) is 59.8 Å². The lowest BCUT2D eigenvalue weighted by molar-refractivity contribution is 0.284. The number of rotatable bonds is 5. The Morgan fingerprint density at radius 2 is 2.00 bits per heavy atom. The summed E-state index contributed by atoms with van der Waals surface area (Å²) < 4.78 is 12.7. The molecule has 0 aliphatic carbocycles. The van der Waals surface area contributed by atoms with Crippen LogP contribution in [-0.2, 0) is 13.2 Å². The van der Waals surface area contributed by atoms with Crippen molar-refractivity contribution in [1.29, 1.82) is 0 Å². The van der Waals surface area contributed by atoms with Crippen LogP contribution in [0.3, 0.4) is 0 Å². The molecule has 2 heterocycles. The Hall–Kier alpha value is -2.63. The molecule has 0 saturated carbocycles. The third kappa shape index (κ3) is 3.47. The minimum Gasteiger partial charge on any atom is -0.485 e. The highest BCUT2D eigenvalue weighted by Gasteiger charge is 2.08. The molecule has 0 spiro atoms. The smallest absolute Gasteiger partial charge is 0.246 e. The Morgan fingerprint density at radius 3 is 2.71 bits per heavy atom. The zero-order valence-corrected chi connectivity index (χ0v) is 12.0. The van der Waals surface area contributed by atoms with Gasteiger partial charge in [0.15, 0.2) is 6.61 Å². The number of nitrogens with zero attached hydrogens (tertiary/aromatic N) is 4. The van der Waals surface area contributed by atoms with Gasteiger partial charge in [-0.15, -0.1) is 0 Å². The van der Waals surface area contributed by atoms with Gasteiger partial charge in [-0.05, 0) is 37.1 Å². The number of ether oxygens (including phenoxy) is 1. The van der Waals surface area contributed by atoms with Crippen molar-refractivity contribution in [2.75, 3.05) is 0 Å². The lowest BCUT2D eigenvalue weighted by Crippen LogP contribution is -2.00. The van der Waals surface area contributed by atoms with Gasteiger partial charge < -0.3 is 13.8 Å². The highest BCUT2D eigenvalue weighted by Crippen LogP contribution is 2.17. The molecule has 0 amide bonds. The third-order valence-corrected chi connectivity index (χ3v) is 2.95. The van der Waals surface area contributed by atoms with E-state index in [9.17, 15) is 0 Å². The minimum absolute atomic E-state index is 0.288. The monoisotopic (exact) mass is 284 g/mol. The molecular formula is C15H16N4O2. The van der Waals surface area contributed by atoms with Crippen molar-refractivity contribution in [3.63, 3.8) is 0 Å². The molecule has 0 bridgehead atoms. The van der Waals surface area contributed by atoms with Crippen LogP contribution >= 0.6 is 0 Å². The molecule has 6 heteroatoms. The van der Waals surface area contributed by atoms with Crippen LogP contribution in [0.4, 0.5) is 0 Å². The molecule has 3 aromatic rings. The molecule has 21 heavy (non-hydrogen) atoms. The number of aromatic nitrogens is 4. The maximum Gasteiger partial charge on any atom is 0.246 e. The molecule has 0 unspecified atom stereocenters. The Kier molecular flexibility index (Phi) is 3.68. The van der Waals surface area contributed by atoms with E-state index < -0.39 is 0 Å². The molecule has 108 valence electrons. The largest absolute Gasteiger partial charge is 0.485 e. The normalized spacial score (nSPS) is 10.8. The van der Waals surface area contributed by atoms with Crippen LogP contribution in [0.25, 0.3) is 0 Å². The quantitative estimate of drug-likeness (QED) is 0.720. The van der Waals surface area contributed by atoms with Crippen LogP contribution in [0.1, 0.15) is 22.8 Å². The van der Waals surface area contributed by atoms with Crippen LogP contribution in [0.5, 0.6) is 5.75 Å². The van der Waals surface area contributed by atoms with Crippen molar-refractivity contribution in [3.8, 4) is 5.75 Å². The average molecular weight is 284 g/mol. The summed E-state index contributed by atoms with van der Waals surface area (Å²) in [7, 11) is 0. The molecular weight excluding hydrogens is 268 g/mol. The first-order valence-electron chi connectivity index (χ1n) is 6.67. The first-order valence-corrected chi connectivity index (χ1v) is 6.67. The maximum absolute atomic E-state index is 5.70. The fraction of sp³-hybridized carbons (Fsp3) is 0.267. The van der Waals surface area contributed by atoms with E-state index in [-0.39, 0.29) is 6.61 Å². The highest BCUT2D eigenvalue weighted by molar-refractivity contribution is 5.32. The molecule has 0 aliphatic heterocycles. The molecule has 1 aromatic carbocycles. The SMILES string of the molecule is Cc1cc(C)cc(OCc2noc(Cn3ccnc3)n2)c1. The Labute approximate surface area is 122 Å². The van der Waals surface area contributed by atoms with Gasteiger partial charge in [-0.3, -0.25) is 0 Å². The number of hydrogen-bond acceptors (Lipinski definition) is 5. The standard InChI is InChI=1S/C15H16N4O2/c1-11-5-12(2)7-13(6-11)20-9-14-17-15(21-18-14)8-19-4-3-16-10-19/h3-7,10H,8-9H2,1-2H3. The number of benzene rings is 1. The second-order valence-electron chi connectivity index (χ2n) is 4.95. The molecule has 2 aromatic heterocycles. The van der Waals surface area contributed by atoms with Crippen molar-refractivity contribution in [1.82, 2.24) is 19.7 Å². The summed E-state index contributed by atoms with van der Waals surface area (Å²) >= 11 is 0. The van der Waals surface area contributed by atoms with Gasteiger partial charge in [0.2, 0.25) is 11.7 Å². The topological polar surface area (TPSA) is 66.0 Å². The summed E-state index contributed by atoms with van der Waals surface area (Å²) in [6.07, 6.45) is 5.26. The summed E-state index contributed by atoms with van der Waals surface area (Å²) in [5, 5.41) is 3.91. The van der Waals surface area contributed by atoms with Gasteiger partial charge in [-0.2, -0.15) is 4.98 Å². The molecule has 0 atom stereocenters. The molecule has 3 rings (SSSR count). The minimum atomic E-state index is 0.288. The Morgan fingerprint density at radius 1 is 1.19 bits per heavy atom. The van der Waals surface area contributed by atoms with E-state index in [1.807, 2.05) is 36.7 Å². The molecule has 0 N–H and O–H groups in total. The second kappa shape index (κ2) is 5.78. The van der Waals surface area contributed by atoms with E-state index in [4.69, 9.17) is 9.26 Å². The molecule has 6 nitrogen and oxygen atoms in total. The highest BCUT2D eigenvalue weighted by atomic mass is 16.5. The van der Waals surface area contributed by atoms with Gasteiger partial charge in [-0.1, -0.05) is 11.2 Å². The van der Waals surface area contributed by atoms with Crippen molar-refractivity contribution < 1.29 is 9.26 Å². The fourth-order valence-corrected chi connectivity index (χ4v) is 2.11. The van der Waals surface area contributed by atoms with Crippen molar-refractivity contribution >= 4 is 0 Å².